The predicted molar refractivity (Wildman–Crippen MR) is 66.3 cm³/mol. The number of rotatable bonds is 3. The average molecular weight is 231 g/mol. The summed E-state index contributed by atoms with van der Waals surface area (Å²) in [5.74, 6) is 0.637. The van der Waals surface area contributed by atoms with Gasteiger partial charge >= 0.3 is 0 Å². The topological polar surface area (TPSA) is 39.9 Å². The largest absolute Gasteiger partial charge is 0.481 e. The van der Waals surface area contributed by atoms with Crippen molar-refractivity contribution in [3.63, 3.8) is 0 Å². The number of hydrogen-bond donors (Lipinski definition) is 0. The predicted octanol–water partition coefficient (Wildman–Crippen LogP) is 2.26. The Bertz CT molecular complexity index is 514. The Morgan fingerprint density at radius 2 is 2.00 bits per heavy atom. The summed E-state index contributed by atoms with van der Waals surface area (Å²) in [6.45, 7) is 6.97. The molecule has 0 aromatic carbocycles. The molecular formula is C13H17N3O. The lowest BCUT2D eigenvalue weighted by Gasteiger charge is -2.05. The van der Waals surface area contributed by atoms with Crippen LogP contribution in [0.1, 0.15) is 22.5 Å². The van der Waals surface area contributed by atoms with Crippen LogP contribution in [0.4, 0.5) is 0 Å². The third-order valence-electron chi connectivity index (χ3n) is 3.08. The molecule has 0 radical (unpaired) electrons. The molecule has 0 amide bonds. The maximum atomic E-state index is 5.03. The van der Waals surface area contributed by atoms with Crippen molar-refractivity contribution in [1.82, 2.24) is 14.8 Å². The lowest BCUT2D eigenvalue weighted by molar-refractivity contribution is 0.397. The number of aromatic nitrogens is 3. The van der Waals surface area contributed by atoms with Crippen molar-refractivity contribution >= 4 is 0 Å². The first-order valence-electron chi connectivity index (χ1n) is 5.61. The van der Waals surface area contributed by atoms with E-state index in [0.29, 0.717) is 5.88 Å². The third kappa shape index (κ3) is 2.30. The normalized spacial score (nSPS) is 10.6. The van der Waals surface area contributed by atoms with Crippen LogP contribution in [0.15, 0.2) is 18.3 Å². The first-order chi connectivity index (χ1) is 8.11. The van der Waals surface area contributed by atoms with Gasteiger partial charge < -0.3 is 4.74 Å². The van der Waals surface area contributed by atoms with E-state index < -0.39 is 0 Å². The highest BCUT2D eigenvalue weighted by atomic mass is 16.5. The van der Waals surface area contributed by atoms with Gasteiger partial charge in [0.1, 0.15) is 0 Å². The van der Waals surface area contributed by atoms with Crippen molar-refractivity contribution in [2.75, 3.05) is 7.11 Å². The number of aryl methyl sites for hydroxylation is 1. The summed E-state index contributed by atoms with van der Waals surface area (Å²) in [5.41, 5.74) is 4.67. The maximum Gasteiger partial charge on any atom is 0.212 e. The van der Waals surface area contributed by atoms with Crippen LogP contribution >= 0.6 is 0 Å². The van der Waals surface area contributed by atoms with Crippen molar-refractivity contribution in [2.45, 2.75) is 27.3 Å². The van der Waals surface area contributed by atoms with Crippen LogP contribution in [-0.4, -0.2) is 21.9 Å². The number of pyridine rings is 1. The van der Waals surface area contributed by atoms with Crippen LogP contribution in [0, 0.1) is 20.8 Å². The highest BCUT2D eigenvalue weighted by Crippen LogP contribution is 2.13. The molecule has 0 atom stereocenters. The molecule has 4 nitrogen and oxygen atoms in total. The molecule has 0 saturated heterocycles. The van der Waals surface area contributed by atoms with Gasteiger partial charge in [0, 0.05) is 18.0 Å². The Morgan fingerprint density at radius 1 is 1.24 bits per heavy atom. The van der Waals surface area contributed by atoms with E-state index in [2.05, 4.69) is 23.9 Å². The number of ether oxygens (including phenoxy) is 1. The molecule has 0 N–H and O–H groups in total. The third-order valence-corrected chi connectivity index (χ3v) is 3.08. The fourth-order valence-electron chi connectivity index (χ4n) is 1.74. The van der Waals surface area contributed by atoms with E-state index >= 15 is 0 Å². The zero-order valence-corrected chi connectivity index (χ0v) is 10.7. The summed E-state index contributed by atoms with van der Waals surface area (Å²) >= 11 is 0. The van der Waals surface area contributed by atoms with Crippen LogP contribution < -0.4 is 4.74 Å². The van der Waals surface area contributed by atoms with Crippen LogP contribution in [0.25, 0.3) is 0 Å². The summed E-state index contributed by atoms with van der Waals surface area (Å²) in [6, 6.07) is 3.88. The van der Waals surface area contributed by atoms with Crippen LogP contribution in [0.5, 0.6) is 5.88 Å². The molecule has 0 aliphatic heterocycles. The standard InChI is InChI=1S/C13H17N3O/c1-9-10(2)15-16(11(9)3)8-12-5-6-13(17-4)14-7-12/h5-7H,8H2,1-4H3. The van der Waals surface area contributed by atoms with Gasteiger partial charge in [-0.05, 0) is 31.9 Å². The fourth-order valence-corrected chi connectivity index (χ4v) is 1.74. The van der Waals surface area contributed by atoms with Gasteiger partial charge in [-0.25, -0.2) is 4.98 Å². The molecule has 4 heteroatoms. The van der Waals surface area contributed by atoms with Gasteiger partial charge in [0.05, 0.1) is 19.3 Å². The van der Waals surface area contributed by atoms with Crippen molar-refractivity contribution in [1.29, 1.82) is 0 Å². The highest BCUT2D eigenvalue weighted by Gasteiger charge is 2.07. The molecule has 0 aliphatic carbocycles. The van der Waals surface area contributed by atoms with Gasteiger partial charge in [-0.1, -0.05) is 6.07 Å². The minimum absolute atomic E-state index is 0.637. The quantitative estimate of drug-likeness (QED) is 0.813. The van der Waals surface area contributed by atoms with E-state index in [-0.39, 0.29) is 0 Å². The fraction of sp³-hybridized carbons (Fsp3) is 0.385. The first-order valence-corrected chi connectivity index (χ1v) is 5.61. The van der Waals surface area contributed by atoms with E-state index in [4.69, 9.17) is 4.74 Å². The Labute approximate surface area is 101 Å². The minimum Gasteiger partial charge on any atom is -0.481 e. The minimum atomic E-state index is 0.637. The molecule has 0 aliphatic rings. The Balaban J connectivity index is 2.22. The summed E-state index contributed by atoms with van der Waals surface area (Å²) in [4.78, 5) is 4.19. The Hall–Kier alpha value is -1.84. The Morgan fingerprint density at radius 3 is 2.47 bits per heavy atom. The van der Waals surface area contributed by atoms with E-state index in [9.17, 15) is 0 Å². The lowest BCUT2D eigenvalue weighted by atomic mass is 10.2. The molecule has 2 aromatic heterocycles. The van der Waals surface area contributed by atoms with E-state index in [1.165, 1.54) is 11.3 Å². The molecule has 0 saturated carbocycles. The summed E-state index contributed by atoms with van der Waals surface area (Å²) in [5, 5.41) is 4.51. The Kier molecular flexibility index (Phi) is 3.13. The SMILES string of the molecule is COc1ccc(Cn2nc(C)c(C)c2C)cn1. The maximum absolute atomic E-state index is 5.03. The molecule has 0 spiro atoms. The number of nitrogens with zero attached hydrogens (tertiary/aromatic N) is 3. The highest BCUT2D eigenvalue weighted by molar-refractivity contribution is 5.24. The van der Waals surface area contributed by atoms with Gasteiger partial charge in [-0.2, -0.15) is 5.10 Å². The molecule has 2 rings (SSSR count). The molecule has 0 fully saturated rings. The van der Waals surface area contributed by atoms with Gasteiger partial charge in [0.15, 0.2) is 0 Å². The zero-order chi connectivity index (χ0) is 12.4. The lowest BCUT2D eigenvalue weighted by Crippen LogP contribution is -2.04. The van der Waals surface area contributed by atoms with E-state index in [0.717, 1.165) is 17.8 Å². The van der Waals surface area contributed by atoms with Gasteiger partial charge in [0.25, 0.3) is 0 Å². The molecule has 90 valence electrons. The van der Waals surface area contributed by atoms with Crippen LogP contribution in [-0.2, 0) is 6.54 Å². The summed E-state index contributed by atoms with van der Waals surface area (Å²) < 4.78 is 7.04. The second-order valence-electron chi connectivity index (χ2n) is 4.16. The van der Waals surface area contributed by atoms with Crippen molar-refractivity contribution in [2.24, 2.45) is 0 Å². The van der Waals surface area contributed by atoms with Crippen molar-refractivity contribution < 1.29 is 4.74 Å². The van der Waals surface area contributed by atoms with Gasteiger partial charge in [-0.15, -0.1) is 0 Å². The van der Waals surface area contributed by atoms with Crippen LogP contribution in [0.2, 0.25) is 0 Å². The average Bonchev–Trinajstić information content (AvgIpc) is 2.58. The zero-order valence-electron chi connectivity index (χ0n) is 10.7. The van der Waals surface area contributed by atoms with Crippen LogP contribution in [0.3, 0.4) is 0 Å². The number of methoxy groups -OCH3 is 1. The molecule has 17 heavy (non-hydrogen) atoms. The van der Waals surface area contributed by atoms with E-state index in [1.54, 1.807) is 7.11 Å². The van der Waals surface area contributed by atoms with Gasteiger partial charge in [0.2, 0.25) is 5.88 Å². The monoisotopic (exact) mass is 231 g/mol. The smallest absolute Gasteiger partial charge is 0.212 e. The summed E-state index contributed by atoms with van der Waals surface area (Å²) in [6.07, 6.45) is 1.82. The second-order valence-corrected chi connectivity index (χ2v) is 4.16. The molecule has 0 bridgehead atoms. The molecular weight excluding hydrogens is 214 g/mol. The van der Waals surface area contributed by atoms with Crippen molar-refractivity contribution in [3.05, 3.63) is 40.8 Å². The second kappa shape index (κ2) is 4.57. The van der Waals surface area contributed by atoms with Gasteiger partial charge in [-0.3, -0.25) is 4.68 Å². The molecule has 2 aromatic rings. The molecule has 2 heterocycles. The van der Waals surface area contributed by atoms with E-state index in [1.807, 2.05) is 29.9 Å². The summed E-state index contributed by atoms with van der Waals surface area (Å²) in [7, 11) is 1.62. The molecule has 0 unspecified atom stereocenters. The number of hydrogen-bond acceptors (Lipinski definition) is 3. The van der Waals surface area contributed by atoms with Crippen molar-refractivity contribution in [3.8, 4) is 5.88 Å². The first kappa shape index (κ1) is 11.6.